The molecule has 1 N–H and O–H groups in total. The molecule has 2 atom stereocenters. The van der Waals surface area contributed by atoms with Crippen molar-refractivity contribution in [3.8, 4) is 5.75 Å². The molecule has 0 saturated heterocycles. The van der Waals surface area contributed by atoms with Crippen LogP contribution < -0.4 is 10.1 Å². The van der Waals surface area contributed by atoms with Crippen LogP contribution in [0, 0.1) is 13.8 Å². The van der Waals surface area contributed by atoms with Gasteiger partial charge in [0.2, 0.25) is 0 Å². The predicted octanol–water partition coefficient (Wildman–Crippen LogP) is 3.95. The smallest absolute Gasteiger partial charge is 0.261 e. The zero-order valence-corrected chi connectivity index (χ0v) is 13.6. The number of hydrogen-bond donors (Lipinski definition) is 1. The normalized spacial score (nSPS) is 13.3. The highest BCUT2D eigenvalue weighted by molar-refractivity contribution is 5.81. The van der Waals surface area contributed by atoms with Crippen molar-refractivity contribution in [1.29, 1.82) is 0 Å². The highest BCUT2D eigenvalue weighted by Crippen LogP contribution is 2.16. The van der Waals surface area contributed by atoms with Crippen molar-refractivity contribution in [3.05, 3.63) is 65.2 Å². The van der Waals surface area contributed by atoms with Crippen molar-refractivity contribution >= 4 is 5.91 Å². The molecule has 1 amide bonds. The van der Waals surface area contributed by atoms with Gasteiger partial charge in [0.05, 0.1) is 6.04 Å². The first-order valence-electron chi connectivity index (χ1n) is 7.56. The van der Waals surface area contributed by atoms with E-state index in [1.165, 1.54) is 5.56 Å². The minimum absolute atomic E-state index is 0.0448. The van der Waals surface area contributed by atoms with E-state index in [4.69, 9.17) is 4.74 Å². The molecule has 3 heteroatoms. The van der Waals surface area contributed by atoms with E-state index >= 15 is 0 Å². The number of benzene rings is 2. The maximum absolute atomic E-state index is 12.2. The van der Waals surface area contributed by atoms with Crippen LogP contribution in [-0.2, 0) is 4.79 Å². The molecule has 0 aliphatic carbocycles. The summed E-state index contributed by atoms with van der Waals surface area (Å²) in [6, 6.07) is 15.8. The summed E-state index contributed by atoms with van der Waals surface area (Å²) in [4.78, 5) is 12.2. The zero-order chi connectivity index (χ0) is 16.1. The largest absolute Gasteiger partial charge is 0.481 e. The SMILES string of the molecule is Cc1ccc([C@H](C)NC(=O)[C@H](C)Oc2cccc(C)c2)cc1. The Balaban J connectivity index is 1.94. The summed E-state index contributed by atoms with van der Waals surface area (Å²) < 4.78 is 5.70. The molecule has 0 aliphatic rings. The van der Waals surface area contributed by atoms with E-state index < -0.39 is 6.10 Å². The third kappa shape index (κ3) is 4.35. The Hall–Kier alpha value is -2.29. The van der Waals surface area contributed by atoms with Crippen LogP contribution in [0.2, 0.25) is 0 Å². The molecule has 0 bridgehead atoms. The molecular weight excluding hydrogens is 274 g/mol. The lowest BCUT2D eigenvalue weighted by molar-refractivity contribution is -0.127. The molecule has 0 aliphatic heterocycles. The Morgan fingerprint density at radius 3 is 2.32 bits per heavy atom. The van der Waals surface area contributed by atoms with Crippen LogP contribution in [-0.4, -0.2) is 12.0 Å². The molecule has 0 aromatic heterocycles. The number of carbonyl (C=O) groups excluding carboxylic acids is 1. The maximum atomic E-state index is 12.2. The average molecular weight is 297 g/mol. The monoisotopic (exact) mass is 297 g/mol. The van der Waals surface area contributed by atoms with Gasteiger partial charge in [0.15, 0.2) is 6.10 Å². The van der Waals surface area contributed by atoms with E-state index in [0.717, 1.165) is 11.1 Å². The molecule has 2 rings (SSSR count). The summed E-state index contributed by atoms with van der Waals surface area (Å²) in [7, 11) is 0. The van der Waals surface area contributed by atoms with Crippen molar-refractivity contribution < 1.29 is 9.53 Å². The summed E-state index contributed by atoms with van der Waals surface area (Å²) in [5.41, 5.74) is 3.40. The number of hydrogen-bond acceptors (Lipinski definition) is 2. The Morgan fingerprint density at radius 1 is 1.00 bits per heavy atom. The number of aryl methyl sites for hydroxylation is 2. The quantitative estimate of drug-likeness (QED) is 0.907. The maximum Gasteiger partial charge on any atom is 0.261 e. The first-order valence-corrected chi connectivity index (χ1v) is 7.56. The number of ether oxygens (including phenoxy) is 1. The molecule has 2 aromatic carbocycles. The van der Waals surface area contributed by atoms with Gasteiger partial charge in [-0.2, -0.15) is 0 Å². The summed E-state index contributed by atoms with van der Waals surface area (Å²) in [6.45, 7) is 7.78. The fourth-order valence-electron chi connectivity index (χ4n) is 2.22. The van der Waals surface area contributed by atoms with E-state index in [9.17, 15) is 4.79 Å². The molecule has 0 saturated carbocycles. The Morgan fingerprint density at radius 2 is 1.68 bits per heavy atom. The second-order valence-corrected chi connectivity index (χ2v) is 5.72. The molecule has 2 aromatic rings. The van der Waals surface area contributed by atoms with Gasteiger partial charge in [-0.25, -0.2) is 0 Å². The van der Waals surface area contributed by atoms with Crippen LogP contribution in [0.15, 0.2) is 48.5 Å². The lowest BCUT2D eigenvalue weighted by atomic mass is 10.1. The second kappa shape index (κ2) is 7.12. The first-order chi connectivity index (χ1) is 10.5. The molecule has 116 valence electrons. The Bertz CT molecular complexity index is 634. The number of carbonyl (C=O) groups is 1. The van der Waals surface area contributed by atoms with E-state index in [0.29, 0.717) is 5.75 Å². The third-order valence-corrected chi connectivity index (χ3v) is 3.61. The van der Waals surface area contributed by atoms with Gasteiger partial charge in [0, 0.05) is 0 Å². The standard InChI is InChI=1S/C19H23NO2/c1-13-8-10-17(11-9-13)15(3)20-19(21)16(4)22-18-7-5-6-14(2)12-18/h5-12,15-16H,1-4H3,(H,20,21)/t15-,16-/m0/s1. The van der Waals surface area contributed by atoms with Gasteiger partial charge in [0.25, 0.3) is 5.91 Å². The average Bonchev–Trinajstić information content (AvgIpc) is 2.47. The van der Waals surface area contributed by atoms with Gasteiger partial charge < -0.3 is 10.1 Å². The van der Waals surface area contributed by atoms with Crippen molar-refractivity contribution in [1.82, 2.24) is 5.32 Å². The van der Waals surface area contributed by atoms with Crippen molar-refractivity contribution in [2.45, 2.75) is 39.8 Å². The van der Waals surface area contributed by atoms with Gasteiger partial charge in [-0.1, -0.05) is 42.0 Å². The van der Waals surface area contributed by atoms with Crippen molar-refractivity contribution in [3.63, 3.8) is 0 Å². The van der Waals surface area contributed by atoms with Gasteiger partial charge >= 0.3 is 0 Å². The van der Waals surface area contributed by atoms with E-state index in [1.807, 2.05) is 69.3 Å². The number of rotatable bonds is 5. The predicted molar refractivity (Wildman–Crippen MR) is 89.0 cm³/mol. The van der Waals surface area contributed by atoms with Crippen molar-refractivity contribution in [2.75, 3.05) is 0 Å². The molecule has 0 spiro atoms. The highest BCUT2D eigenvalue weighted by atomic mass is 16.5. The van der Waals surface area contributed by atoms with E-state index in [2.05, 4.69) is 5.32 Å². The summed E-state index contributed by atoms with van der Waals surface area (Å²) in [5.74, 6) is 0.597. The second-order valence-electron chi connectivity index (χ2n) is 5.72. The van der Waals surface area contributed by atoms with Gasteiger partial charge in [0.1, 0.15) is 5.75 Å². The first kappa shape index (κ1) is 16.1. The van der Waals surface area contributed by atoms with Crippen molar-refractivity contribution in [2.24, 2.45) is 0 Å². The minimum atomic E-state index is -0.533. The summed E-state index contributed by atoms with van der Waals surface area (Å²) in [6.07, 6.45) is -0.533. The van der Waals surface area contributed by atoms with Crippen LogP contribution in [0.1, 0.15) is 36.6 Å². The summed E-state index contributed by atoms with van der Waals surface area (Å²) in [5, 5.41) is 2.99. The van der Waals surface area contributed by atoms with Gasteiger partial charge in [-0.15, -0.1) is 0 Å². The highest BCUT2D eigenvalue weighted by Gasteiger charge is 2.17. The van der Waals surface area contributed by atoms with Crippen LogP contribution >= 0.6 is 0 Å². The lowest BCUT2D eigenvalue weighted by Gasteiger charge is -2.19. The molecular formula is C19H23NO2. The van der Waals surface area contributed by atoms with Gasteiger partial charge in [-0.3, -0.25) is 4.79 Å². The molecule has 0 radical (unpaired) electrons. The lowest BCUT2D eigenvalue weighted by Crippen LogP contribution is -2.37. The zero-order valence-electron chi connectivity index (χ0n) is 13.6. The molecule has 22 heavy (non-hydrogen) atoms. The topological polar surface area (TPSA) is 38.3 Å². The van der Waals surface area contributed by atoms with E-state index in [1.54, 1.807) is 6.92 Å². The fourth-order valence-corrected chi connectivity index (χ4v) is 2.22. The summed E-state index contributed by atoms with van der Waals surface area (Å²) >= 11 is 0. The van der Waals surface area contributed by atoms with Gasteiger partial charge in [-0.05, 0) is 51.0 Å². The molecule has 0 unspecified atom stereocenters. The molecule has 0 fully saturated rings. The Labute approximate surface area is 132 Å². The third-order valence-electron chi connectivity index (χ3n) is 3.61. The number of nitrogens with one attached hydrogen (secondary N) is 1. The minimum Gasteiger partial charge on any atom is -0.481 e. The van der Waals surface area contributed by atoms with Crippen LogP contribution in [0.25, 0.3) is 0 Å². The van der Waals surface area contributed by atoms with Crippen LogP contribution in [0.4, 0.5) is 0 Å². The van der Waals surface area contributed by atoms with Crippen LogP contribution in [0.3, 0.4) is 0 Å². The molecule has 0 heterocycles. The molecule has 3 nitrogen and oxygen atoms in total. The fraction of sp³-hybridized carbons (Fsp3) is 0.316. The van der Waals surface area contributed by atoms with Crippen LogP contribution in [0.5, 0.6) is 5.75 Å². The Kier molecular flexibility index (Phi) is 5.21. The number of amides is 1. The van der Waals surface area contributed by atoms with E-state index in [-0.39, 0.29) is 11.9 Å².